The zero-order valence-electron chi connectivity index (χ0n) is 13.1. The Balaban J connectivity index is 2.04. The molecule has 0 saturated heterocycles. The summed E-state index contributed by atoms with van der Waals surface area (Å²) in [4.78, 5) is 16.6. The van der Waals surface area contributed by atoms with E-state index in [0.29, 0.717) is 18.5 Å². The van der Waals surface area contributed by atoms with E-state index in [1.165, 1.54) is 11.9 Å². The van der Waals surface area contributed by atoms with Crippen LogP contribution in [0.4, 0.5) is 0 Å². The standard InChI is InChI=1S/C18H19N3O2/c1-2-6-15(22)17-16(23)11-14(21-18(17)19-12-20-21)10-9-13-7-4-3-5-8-13/h3-5,7-8,11-12,22H,2,6,9-10H2,1H3. The van der Waals surface area contributed by atoms with E-state index in [1.807, 2.05) is 25.1 Å². The van der Waals surface area contributed by atoms with Gasteiger partial charge in [-0.1, -0.05) is 37.3 Å². The molecule has 0 bridgehead atoms. The number of aryl methyl sites for hydroxylation is 2. The van der Waals surface area contributed by atoms with Gasteiger partial charge in [-0.3, -0.25) is 4.79 Å². The number of pyridine rings is 1. The van der Waals surface area contributed by atoms with E-state index in [-0.39, 0.29) is 16.4 Å². The highest BCUT2D eigenvalue weighted by Gasteiger charge is 2.11. The van der Waals surface area contributed by atoms with Crippen molar-refractivity contribution in [1.29, 1.82) is 0 Å². The van der Waals surface area contributed by atoms with Crippen molar-refractivity contribution in [3.8, 4) is 0 Å². The SMILES string of the molecule is CCCC(O)=c1c(=O)cc(CCc2ccccc2)n2ncnc12. The van der Waals surface area contributed by atoms with Crippen molar-refractivity contribution in [2.45, 2.75) is 32.6 Å². The average Bonchev–Trinajstić information content (AvgIpc) is 3.03. The van der Waals surface area contributed by atoms with E-state index in [4.69, 9.17) is 0 Å². The zero-order valence-corrected chi connectivity index (χ0v) is 13.1. The molecule has 2 aromatic heterocycles. The first-order valence-corrected chi connectivity index (χ1v) is 7.82. The van der Waals surface area contributed by atoms with Crippen molar-refractivity contribution in [1.82, 2.24) is 14.6 Å². The molecule has 1 N–H and O–H groups in total. The lowest BCUT2D eigenvalue weighted by Crippen LogP contribution is -2.31. The molecule has 0 amide bonds. The molecule has 0 saturated carbocycles. The van der Waals surface area contributed by atoms with Gasteiger partial charge in [0.2, 0.25) is 0 Å². The molecule has 0 radical (unpaired) electrons. The smallest absolute Gasteiger partial charge is 0.194 e. The third kappa shape index (κ3) is 3.08. The summed E-state index contributed by atoms with van der Waals surface area (Å²) in [5, 5.41) is 14.6. The van der Waals surface area contributed by atoms with Crippen molar-refractivity contribution in [3.63, 3.8) is 0 Å². The molecule has 118 valence electrons. The maximum absolute atomic E-state index is 12.4. The van der Waals surface area contributed by atoms with Gasteiger partial charge in [0.25, 0.3) is 0 Å². The van der Waals surface area contributed by atoms with Crippen molar-refractivity contribution < 1.29 is 5.11 Å². The fourth-order valence-electron chi connectivity index (χ4n) is 2.75. The van der Waals surface area contributed by atoms with E-state index in [1.54, 1.807) is 10.6 Å². The summed E-state index contributed by atoms with van der Waals surface area (Å²) < 4.78 is 1.66. The largest absolute Gasteiger partial charge is 0.511 e. The lowest BCUT2D eigenvalue weighted by atomic mass is 10.1. The molecule has 5 nitrogen and oxygen atoms in total. The predicted molar refractivity (Wildman–Crippen MR) is 89.3 cm³/mol. The maximum atomic E-state index is 12.4. The molecule has 23 heavy (non-hydrogen) atoms. The Bertz CT molecular complexity index is 917. The number of hydrogen-bond donors (Lipinski definition) is 1. The number of fused-ring (bicyclic) bond motifs is 1. The van der Waals surface area contributed by atoms with Gasteiger partial charge in [-0.25, -0.2) is 9.50 Å². The van der Waals surface area contributed by atoms with E-state index in [9.17, 15) is 9.90 Å². The number of hydrogen-bond acceptors (Lipinski definition) is 4. The first kappa shape index (κ1) is 15.2. The number of rotatable bonds is 5. The molecular formula is C18H19N3O2. The topological polar surface area (TPSA) is 67.5 Å². The predicted octanol–water partition coefficient (Wildman–Crippen LogP) is 2.06. The van der Waals surface area contributed by atoms with Gasteiger partial charge < -0.3 is 5.11 Å². The van der Waals surface area contributed by atoms with Crippen LogP contribution in [0, 0.1) is 0 Å². The fraction of sp³-hybridized carbons (Fsp3) is 0.278. The third-order valence-electron chi connectivity index (χ3n) is 3.88. The second-order valence-electron chi connectivity index (χ2n) is 5.55. The molecule has 3 rings (SSSR count). The van der Waals surface area contributed by atoms with Crippen LogP contribution in [0.5, 0.6) is 0 Å². The molecule has 3 aromatic rings. The minimum absolute atomic E-state index is 0.0881. The van der Waals surface area contributed by atoms with Crippen molar-refractivity contribution >= 4 is 11.4 Å². The Morgan fingerprint density at radius 1 is 1.22 bits per heavy atom. The summed E-state index contributed by atoms with van der Waals surface area (Å²) in [5.74, 6) is 0.0881. The van der Waals surface area contributed by atoms with Gasteiger partial charge in [0.05, 0.1) is 0 Å². The van der Waals surface area contributed by atoms with Crippen LogP contribution in [0.15, 0.2) is 47.5 Å². The summed E-state index contributed by atoms with van der Waals surface area (Å²) >= 11 is 0. The maximum Gasteiger partial charge on any atom is 0.194 e. The number of aliphatic hydroxyl groups is 1. The Morgan fingerprint density at radius 2 is 2.00 bits per heavy atom. The number of aromatic nitrogens is 3. The Labute approximate surface area is 133 Å². The van der Waals surface area contributed by atoms with Crippen LogP contribution in [-0.2, 0) is 12.8 Å². The summed E-state index contributed by atoms with van der Waals surface area (Å²) in [6, 6.07) is 11.7. The molecule has 0 aliphatic rings. The van der Waals surface area contributed by atoms with Crippen molar-refractivity contribution in [3.05, 3.63) is 69.4 Å². The lowest BCUT2D eigenvalue weighted by molar-refractivity contribution is 0.475. The van der Waals surface area contributed by atoms with Gasteiger partial charge in [0.1, 0.15) is 17.3 Å². The minimum Gasteiger partial charge on any atom is -0.511 e. The van der Waals surface area contributed by atoms with Crippen LogP contribution in [0.1, 0.15) is 31.0 Å². The Kier molecular flexibility index (Phi) is 4.37. The highest BCUT2D eigenvalue weighted by atomic mass is 16.3. The van der Waals surface area contributed by atoms with Crippen molar-refractivity contribution in [2.24, 2.45) is 0 Å². The molecule has 0 aliphatic heterocycles. The Hall–Kier alpha value is -2.69. The van der Waals surface area contributed by atoms with Gasteiger partial charge in [-0.05, 0) is 24.8 Å². The molecule has 1 aromatic carbocycles. The van der Waals surface area contributed by atoms with Crippen LogP contribution in [-0.4, -0.2) is 19.7 Å². The molecular weight excluding hydrogens is 290 g/mol. The highest BCUT2D eigenvalue weighted by Crippen LogP contribution is 2.07. The second kappa shape index (κ2) is 6.60. The van der Waals surface area contributed by atoms with Gasteiger partial charge in [0, 0.05) is 18.2 Å². The monoisotopic (exact) mass is 309 g/mol. The van der Waals surface area contributed by atoms with Crippen LogP contribution in [0.25, 0.3) is 11.4 Å². The van der Waals surface area contributed by atoms with E-state index in [0.717, 1.165) is 18.5 Å². The van der Waals surface area contributed by atoms with Gasteiger partial charge in [0.15, 0.2) is 11.1 Å². The molecule has 0 aliphatic carbocycles. The fourth-order valence-corrected chi connectivity index (χ4v) is 2.75. The normalized spacial score (nSPS) is 12.6. The van der Waals surface area contributed by atoms with E-state index in [2.05, 4.69) is 22.2 Å². The van der Waals surface area contributed by atoms with Crippen LogP contribution in [0.2, 0.25) is 0 Å². The number of benzene rings is 1. The first-order chi connectivity index (χ1) is 11.2. The summed E-state index contributed by atoms with van der Waals surface area (Å²) in [6.07, 6.45) is 4.15. The lowest BCUT2D eigenvalue weighted by Gasteiger charge is -2.05. The van der Waals surface area contributed by atoms with Crippen LogP contribution < -0.4 is 10.6 Å². The van der Waals surface area contributed by atoms with Gasteiger partial charge in [-0.15, -0.1) is 0 Å². The van der Waals surface area contributed by atoms with Crippen molar-refractivity contribution in [2.75, 3.05) is 0 Å². The van der Waals surface area contributed by atoms with Gasteiger partial charge in [-0.2, -0.15) is 5.10 Å². The quantitative estimate of drug-likeness (QED) is 0.783. The molecule has 5 heteroatoms. The number of nitrogens with zero attached hydrogens (tertiary/aromatic N) is 3. The third-order valence-corrected chi connectivity index (χ3v) is 3.88. The van der Waals surface area contributed by atoms with E-state index >= 15 is 0 Å². The minimum atomic E-state index is -0.195. The summed E-state index contributed by atoms with van der Waals surface area (Å²) in [6.45, 7) is 1.95. The summed E-state index contributed by atoms with van der Waals surface area (Å²) in [5.41, 5.74) is 2.25. The van der Waals surface area contributed by atoms with E-state index < -0.39 is 0 Å². The van der Waals surface area contributed by atoms with Crippen LogP contribution >= 0.6 is 0 Å². The zero-order chi connectivity index (χ0) is 16.2. The molecule has 0 spiro atoms. The average molecular weight is 309 g/mol. The molecule has 0 fully saturated rings. The van der Waals surface area contributed by atoms with Crippen LogP contribution in [0.3, 0.4) is 0 Å². The second-order valence-corrected chi connectivity index (χ2v) is 5.55. The van der Waals surface area contributed by atoms with Gasteiger partial charge >= 0.3 is 0 Å². The molecule has 0 atom stereocenters. The first-order valence-electron chi connectivity index (χ1n) is 7.82. The Morgan fingerprint density at radius 3 is 2.74 bits per heavy atom. The number of aliphatic hydroxyl groups excluding tert-OH is 1. The molecule has 0 unspecified atom stereocenters. The summed E-state index contributed by atoms with van der Waals surface area (Å²) in [7, 11) is 0. The molecule has 2 heterocycles. The highest BCUT2D eigenvalue weighted by molar-refractivity contribution is 5.50.